The lowest BCUT2D eigenvalue weighted by atomic mass is 9.98. The van der Waals surface area contributed by atoms with Crippen molar-refractivity contribution in [1.82, 2.24) is 4.90 Å². The average Bonchev–Trinajstić information content (AvgIpc) is 3.17. The molecule has 0 spiro atoms. The quantitative estimate of drug-likeness (QED) is 0.916. The number of nitrogens with zero attached hydrogens (tertiary/aromatic N) is 1. The molecule has 0 bridgehead atoms. The summed E-state index contributed by atoms with van der Waals surface area (Å²) < 4.78 is 5.21. The minimum atomic E-state index is 0. The second-order valence-electron chi connectivity index (χ2n) is 6.58. The summed E-state index contributed by atoms with van der Waals surface area (Å²) in [5.41, 5.74) is 7.33. The van der Waals surface area contributed by atoms with Crippen LogP contribution in [0.15, 0.2) is 24.3 Å². The van der Waals surface area contributed by atoms with Crippen molar-refractivity contribution in [2.45, 2.75) is 50.6 Å². The molecule has 2 N–H and O–H groups in total. The van der Waals surface area contributed by atoms with Crippen LogP contribution in [0.2, 0.25) is 0 Å². The van der Waals surface area contributed by atoms with Crippen LogP contribution < -0.4 is 10.5 Å². The maximum atomic E-state index is 12.7. The van der Waals surface area contributed by atoms with Gasteiger partial charge in [0.05, 0.1) is 13.2 Å². The normalized spacial score (nSPS) is 26.9. The first-order valence-electron chi connectivity index (χ1n) is 8.38. The van der Waals surface area contributed by atoms with E-state index in [0.29, 0.717) is 12.3 Å². The summed E-state index contributed by atoms with van der Waals surface area (Å²) in [7, 11) is 1.67. The van der Waals surface area contributed by atoms with Crippen molar-refractivity contribution < 1.29 is 9.53 Å². The lowest BCUT2D eigenvalue weighted by Crippen LogP contribution is -2.35. The van der Waals surface area contributed by atoms with E-state index in [9.17, 15) is 4.79 Å². The Labute approximate surface area is 144 Å². The minimum Gasteiger partial charge on any atom is -0.497 e. The first-order chi connectivity index (χ1) is 10.7. The second-order valence-corrected chi connectivity index (χ2v) is 6.58. The molecule has 1 heterocycles. The standard InChI is InChI=1S/C18H26N2O2.ClH/c1-22-15-9-7-13(8-10-15)17-6-3-11-20(17)18(21)12-14-4-2-5-16(14)19;/h7-10,14,16-17H,2-6,11-12,19H2,1H3;1H/t14-,16+,17?;/m0./s1. The third kappa shape index (κ3) is 3.99. The Balaban J connectivity index is 0.00000192. The molecule has 128 valence electrons. The number of amides is 1. The molecule has 2 aliphatic rings. The molecule has 0 radical (unpaired) electrons. The number of nitrogens with two attached hydrogens (primary N) is 1. The Bertz CT molecular complexity index is 520. The van der Waals surface area contributed by atoms with E-state index in [0.717, 1.165) is 38.0 Å². The topological polar surface area (TPSA) is 55.6 Å². The number of ether oxygens (including phenoxy) is 1. The Morgan fingerprint density at radius 3 is 2.57 bits per heavy atom. The molecule has 1 saturated carbocycles. The fourth-order valence-corrected chi connectivity index (χ4v) is 3.90. The summed E-state index contributed by atoms with van der Waals surface area (Å²) in [4.78, 5) is 14.8. The summed E-state index contributed by atoms with van der Waals surface area (Å²) >= 11 is 0. The lowest BCUT2D eigenvalue weighted by molar-refractivity contribution is -0.133. The van der Waals surface area contributed by atoms with Crippen LogP contribution in [-0.4, -0.2) is 30.5 Å². The molecule has 0 aromatic heterocycles. The summed E-state index contributed by atoms with van der Waals surface area (Å²) in [5.74, 6) is 1.52. The van der Waals surface area contributed by atoms with Crippen molar-refractivity contribution in [3.63, 3.8) is 0 Å². The molecule has 1 aromatic rings. The number of benzene rings is 1. The average molecular weight is 339 g/mol. The molecule has 1 amide bonds. The molecular formula is C18H27ClN2O2. The fraction of sp³-hybridized carbons (Fsp3) is 0.611. The van der Waals surface area contributed by atoms with Gasteiger partial charge in [-0.05, 0) is 49.3 Å². The zero-order valence-corrected chi connectivity index (χ0v) is 14.6. The van der Waals surface area contributed by atoms with Crippen molar-refractivity contribution in [1.29, 1.82) is 0 Å². The van der Waals surface area contributed by atoms with Crippen LogP contribution in [0.1, 0.15) is 50.1 Å². The van der Waals surface area contributed by atoms with Gasteiger partial charge in [0.1, 0.15) is 5.75 Å². The summed E-state index contributed by atoms with van der Waals surface area (Å²) in [6, 6.07) is 8.54. The van der Waals surface area contributed by atoms with E-state index in [4.69, 9.17) is 10.5 Å². The van der Waals surface area contributed by atoms with Crippen LogP contribution in [0.5, 0.6) is 5.75 Å². The smallest absolute Gasteiger partial charge is 0.223 e. The van der Waals surface area contributed by atoms with Crippen LogP contribution in [0.4, 0.5) is 0 Å². The minimum absolute atomic E-state index is 0. The maximum absolute atomic E-state index is 12.7. The molecule has 4 nitrogen and oxygen atoms in total. The van der Waals surface area contributed by atoms with E-state index in [1.54, 1.807) is 7.11 Å². The van der Waals surface area contributed by atoms with E-state index >= 15 is 0 Å². The largest absolute Gasteiger partial charge is 0.497 e. The highest BCUT2D eigenvalue weighted by Gasteiger charge is 2.33. The van der Waals surface area contributed by atoms with Crippen LogP contribution in [0.3, 0.4) is 0 Å². The maximum Gasteiger partial charge on any atom is 0.223 e. The van der Waals surface area contributed by atoms with Gasteiger partial charge in [-0.3, -0.25) is 4.79 Å². The van der Waals surface area contributed by atoms with Gasteiger partial charge in [0, 0.05) is 19.0 Å². The van der Waals surface area contributed by atoms with Crippen LogP contribution in [-0.2, 0) is 4.79 Å². The number of rotatable bonds is 4. The lowest BCUT2D eigenvalue weighted by Gasteiger charge is -2.27. The highest BCUT2D eigenvalue weighted by molar-refractivity contribution is 5.85. The van der Waals surface area contributed by atoms with Gasteiger partial charge in [0.2, 0.25) is 5.91 Å². The van der Waals surface area contributed by atoms with Gasteiger partial charge >= 0.3 is 0 Å². The predicted molar refractivity (Wildman–Crippen MR) is 93.9 cm³/mol. The van der Waals surface area contributed by atoms with Crippen LogP contribution >= 0.6 is 12.4 Å². The van der Waals surface area contributed by atoms with E-state index in [1.165, 1.54) is 12.0 Å². The van der Waals surface area contributed by atoms with E-state index < -0.39 is 0 Å². The Kier molecular flexibility index (Phi) is 6.31. The van der Waals surface area contributed by atoms with Crippen molar-refractivity contribution >= 4 is 18.3 Å². The number of methoxy groups -OCH3 is 1. The molecule has 2 fully saturated rings. The van der Waals surface area contributed by atoms with Gasteiger partial charge in [-0.15, -0.1) is 12.4 Å². The zero-order valence-electron chi connectivity index (χ0n) is 13.7. The van der Waals surface area contributed by atoms with E-state index in [1.807, 2.05) is 12.1 Å². The Morgan fingerprint density at radius 1 is 1.22 bits per heavy atom. The third-order valence-electron chi connectivity index (χ3n) is 5.23. The SMILES string of the molecule is COc1ccc(C2CCCN2C(=O)C[C@@H]2CCC[C@H]2N)cc1.Cl. The molecular weight excluding hydrogens is 312 g/mol. The van der Waals surface area contributed by atoms with Crippen molar-refractivity contribution in [3.05, 3.63) is 29.8 Å². The summed E-state index contributed by atoms with van der Waals surface area (Å²) in [6.45, 7) is 0.873. The first-order valence-corrected chi connectivity index (χ1v) is 8.38. The van der Waals surface area contributed by atoms with Gasteiger partial charge in [-0.1, -0.05) is 18.6 Å². The van der Waals surface area contributed by atoms with Crippen LogP contribution in [0, 0.1) is 5.92 Å². The first kappa shape index (κ1) is 18.1. The highest BCUT2D eigenvalue weighted by Crippen LogP contribution is 2.35. The number of hydrogen-bond acceptors (Lipinski definition) is 3. The Hall–Kier alpha value is -1.26. The molecule has 3 rings (SSSR count). The number of halogens is 1. The fourth-order valence-electron chi connectivity index (χ4n) is 3.90. The van der Waals surface area contributed by atoms with Gasteiger partial charge in [-0.2, -0.15) is 0 Å². The number of carbonyl (C=O) groups excluding carboxylic acids is 1. The van der Waals surface area contributed by atoms with E-state index in [2.05, 4.69) is 17.0 Å². The number of carbonyl (C=O) groups is 1. The summed E-state index contributed by atoms with van der Waals surface area (Å²) in [5, 5.41) is 0. The zero-order chi connectivity index (χ0) is 15.5. The van der Waals surface area contributed by atoms with Crippen molar-refractivity contribution in [2.24, 2.45) is 11.7 Å². The van der Waals surface area contributed by atoms with Gasteiger partial charge in [0.25, 0.3) is 0 Å². The molecule has 1 saturated heterocycles. The molecule has 5 heteroatoms. The molecule has 1 aromatic carbocycles. The summed E-state index contributed by atoms with van der Waals surface area (Å²) in [6.07, 6.45) is 6.09. The molecule has 1 unspecified atom stereocenters. The van der Waals surface area contributed by atoms with Crippen molar-refractivity contribution in [2.75, 3.05) is 13.7 Å². The van der Waals surface area contributed by atoms with E-state index in [-0.39, 0.29) is 30.4 Å². The van der Waals surface area contributed by atoms with Crippen LogP contribution in [0.25, 0.3) is 0 Å². The predicted octanol–water partition coefficient (Wildman–Crippen LogP) is 3.30. The molecule has 1 aliphatic heterocycles. The van der Waals surface area contributed by atoms with Crippen molar-refractivity contribution in [3.8, 4) is 5.75 Å². The number of hydrogen-bond donors (Lipinski definition) is 1. The van der Waals surface area contributed by atoms with Gasteiger partial charge in [0.15, 0.2) is 0 Å². The van der Waals surface area contributed by atoms with Gasteiger partial charge in [-0.25, -0.2) is 0 Å². The second kappa shape index (κ2) is 8.02. The molecule has 23 heavy (non-hydrogen) atoms. The van der Waals surface area contributed by atoms with Gasteiger partial charge < -0.3 is 15.4 Å². The molecule has 3 atom stereocenters. The monoisotopic (exact) mass is 338 g/mol. The molecule has 1 aliphatic carbocycles. The number of likely N-dealkylation sites (tertiary alicyclic amines) is 1. The Morgan fingerprint density at radius 2 is 1.96 bits per heavy atom. The third-order valence-corrected chi connectivity index (χ3v) is 5.23. The highest BCUT2D eigenvalue weighted by atomic mass is 35.5.